The average molecular weight is 282 g/mol. The summed E-state index contributed by atoms with van der Waals surface area (Å²) in [5, 5.41) is 4.50. The smallest absolute Gasteiger partial charge is 0.147 e. The first-order valence-corrected chi connectivity index (χ1v) is 7.11. The van der Waals surface area contributed by atoms with Gasteiger partial charge in [-0.15, -0.1) is 0 Å². The molecule has 4 heteroatoms. The van der Waals surface area contributed by atoms with Crippen LogP contribution in [0.5, 0.6) is 5.75 Å². The molecule has 0 unspecified atom stereocenters. The standard InChI is InChI=1S/C17H18N2O2/c1-2-18-11-15-14-7-3-4-8-16(14)21-17(15)12-20-13-6-5-9-19-10-13/h3-10,18H,2,11-12H2,1H3. The van der Waals surface area contributed by atoms with Crippen LogP contribution in [0.15, 0.2) is 53.2 Å². The summed E-state index contributed by atoms with van der Waals surface area (Å²) in [5.41, 5.74) is 2.06. The van der Waals surface area contributed by atoms with Gasteiger partial charge in [0.15, 0.2) is 0 Å². The second-order valence-corrected chi connectivity index (χ2v) is 4.76. The number of hydrogen-bond acceptors (Lipinski definition) is 4. The lowest BCUT2D eigenvalue weighted by atomic mass is 10.1. The van der Waals surface area contributed by atoms with Crippen molar-refractivity contribution < 1.29 is 9.15 Å². The van der Waals surface area contributed by atoms with Gasteiger partial charge in [-0.1, -0.05) is 25.1 Å². The fourth-order valence-corrected chi connectivity index (χ4v) is 2.29. The summed E-state index contributed by atoms with van der Waals surface area (Å²) in [4.78, 5) is 4.04. The van der Waals surface area contributed by atoms with Gasteiger partial charge in [0.1, 0.15) is 23.7 Å². The van der Waals surface area contributed by atoms with Crippen molar-refractivity contribution in [1.29, 1.82) is 0 Å². The number of benzene rings is 1. The van der Waals surface area contributed by atoms with Crippen LogP contribution in [0.1, 0.15) is 18.2 Å². The molecule has 0 bridgehead atoms. The molecule has 0 aliphatic carbocycles. The van der Waals surface area contributed by atoms with Gasteiger partial charge in [-0.3, -0.25) is 4.98 Å². The van der Waals surface area contributed by atoms with E-state index in [2.05, 4.69) is 23.3 Å². The lowest BCUT2D eigenvalue weighted by Gasteiger charge is -2.06. The molecule has 0 aliphatic rings. The maximum atomic E-state index is 5.93. The van der Waals surface area contributed by atoms with Crippen molar-refractivity contribution in [2.75, 3.05) is 6.54 Å². The largest absolute Gasteiger partial charge is 0.484 e. The van der Waals surface area contributed by atoms with Crippen LogP contribution in [0, 0.1) is 0 Å². The zero-order valence-corrected chi connectivity index (χ0v) is 12.0. The Hall–Kier alpha value is -2.33. The predicted octanol–water partition coefficient (Wildman–Crippen LogP) is 3.52. The molecule has 4 nitrogen and oxygen atoms in total. The molecule has 0 fully saturated rings. The van der Waals surface area contributed by atoms with Gasteiger partial charge >= 0.3 is 0 Å². The van der Waals surface area contributed by atoms with E-state index >= 15 is 0 Å². The van der Waals surface area contributed by atoms with Gasteiger partial charge in [0, 0.05) is 23.7 Å². The van der Waals surface area contributed by atoms with E-state index in [1.54, 1.807) is 12.4 Å². The number of aromatic nitrogens is 1. The van der Waals surface area contributed by atoms with Crippen LogP contribution < -0.4 is 10.1 Å². The van der Waals surface area contributed by atoms with Crippen LogP contribution in [-0.2, 0) is 13.2 Å². The number of pyridine rings is 1. The Labute approximate surface area is 123 Å². The molecule has 1 N–H and O–H groups in total. The van der Waals surface area contributed by atoms with Gasteiger partial charge in [-0.2, -0.15) is 0 Å². The van der Waals surface area contributed by atoms with E-state index in [4.69, 9.17) is 9.15 Å². The topological polar surface area (TPSA) is 47.3 Å². The van der Waals surface area contributed by atoms with E-state index in [-0.39, 0.29) is 0 Å². The minimum Gasteiger partial charge on any atom is -0.484 e. The number of fused-ring (bicyclic) bond motifs is 1. The van der Waals surface area contributed by atoms with Crippen LogP contribution in [0.2, 0.25) is 0 Å². The summed E-state index contributed by atoms with van der Waals surface area (Å²) >= 11 is 0. The van der Waals surface area contributed by atoms with Crippen molar-refractivity contribution >= 4 is 11.0 Å². The van der Waals surface area contributed by atoms with Gasteiger partial charge in [-0.05, 0) is 24.7 Å². The molecule has 0 atom stereocenters. The molecule has 1 aromatic carbocycles. The van der Waals surface area contributed by atoms with Crippen molar-refractivity contribution in [2.24, 2.45) is 0 Å². The summed E-state index contributed by atoms with van der Waals surface area (Å²) in [6.45, 7) is 4.19. The summed E-state index contributed by atoms with van der Waals surface area (Å²) in [6, 6.07) is 11.8. The van der Waals surface area contributed by atoms with Crippen LogP contribution >= 0.6 is 0 Å². The zero-order valence-electron chi connectivity index (χ0n) is 12.0. The average Bonchev–Trinajstić information content (AvgIpc) is 2.89. The van der Waals surface area contributed by atoms with E-state index in [0.29, 0.717) is 6.61 Å². The molecule has 0 amide bonds. The number of rotatable bonds is 6. The van der Waals surface area contributed by atoms with Crippen LogP contribution in [0.4, 0.5) is 0 Å². The number of ether oxygens (including phenoxy) is 1. The Balaban J connectivity index is 1.86. The van der Waals surface area contributed by atoms with Crippen molar-refractivity contribution in [2.45, 2.75) is 20.1 Å². The normalized spacial score (nSPS) is 10.9. The second kappa shape index (κ2) is 6.41. The highest BCUT2D eigenvalue weighted by molar-refractivity contribution is 5.82. The highest BCUT2D eigenvalue weighted by atomic mass is 16.5. The summed E-state index contributed by atoms with van der Waals surface area (Å²) in [5.74, 6) is 1.60. The quantitative estimate of drug-likeness (QED) is 0.751. The predicted molar refractivity (Wildman–Crippen MR) is 82.2 cm³/mol. The summed E-state index contributed by atoms with van der Waals surface area (Å²) < 4.78 is 11.7. The highest BCUT2D eigenvalue weighted by Crippen LogP contribution is 2.26. The molecule has 21 heavy (non-hydrogen) atoms. The Kier molecular flexibility index (Phi) is 4.17. The maximum Gasteiger partial charge on any atom is 0.147 e. The number of furan rings is 1. The first-order valence-electron chi connectivity index (χ1n) is 7.11. The van der Waals surface area contributed by atoms with E-state index < -0.39 is 0 Å². The Morgan fingerprint density at radius 3 is 2.90 bits per heavy atom. The molecular weight excluding hydrogens is 264 g/mol. The number of hydrogen-bond donors (Lipinski definition) is 1. The molecule has 0 radical (unpaired) electrons. The third-order valence-corrected chi connectivity index (χ3v) is 3.34. The van der Waals surface area contributed by atoms with E-state index in [1.807, 2.05) is 30.3 Å². The minimum absolute atomic E-state index is 0.404. The SMILES string of the molecule is CCNCc1c(COc2cccnc2)oc2ccccc12. The minimum atomic E-state index is 0.404. The zero-order chi connectivity index (χ0) is 14.5. The fourth-order valence-electron chi connectivity index (χ4n) is 2.29. The van der Waals surface area contributed by atoms with Crippen molar-refractivity contribution in [1.82, 2.24) is 10.3 Å². The molecule has 2 heterocycles. The molecule has 0 saturated carbocycles. The van der Waals surface area contributed by atoms with Gasteiger partial charge in [0.25, 0.3) is 0 Å². The van der Waals surface area contributed by atoms with Crippen LogP contribution in [-0.4, -0.2) is 11.5 Å². The van der Waals surface area contributed by atoms with E-state index in [0.717, 1.165) is 41.1 Å². The Morgan fingerprint density at radius 2 is 2.10 bits per heavy atom. The number of nitrogens with one attached hydrogen (secondary N) is 1. The van der Waals surface area contributed by atoms with Crippen molar-refractivity contribution in [3.8, 4) is 5.75 Å². The number of nitrogens with zero attached hydrogens (tertiary/aromatic N) is 1. The summed E-state index contributed by atoms with van der Waals surface area (Å²) in [6.07, 6.45) is 3.43. The molecule has 0 aliphatic heterocycles. The van der Waals surface area contributed by atoms with Crippen molar-refractivity contribution in [3.05, 3.63) is 60.1 Å². The number of para-hydroxylation sites is 1. The van der Waals surface area contributed by atoms with Gasteiger partial charge < -0.3 is 14.5 Å². The maximum absolute atomic E-state index is 5.93. The molecule has 108 valence electrons. The lowest BCUT2D eigenvalue weighted by molar-refractivity contribution is 0.271. The molecular formula is C17H18N2O2. The Morgan fingerprint density at radius 1 is 1.19 bits per heavy atom. The van der Waals surface area contributed by atoms with E-state index in [1.165, 1.54) is 0 Å². The fraction of sp³-hybridized carbons (Fsp3) is 0.235. The molecule has 3 aromatic rings. The third kappa shape index (κ3) is 3.06. The van der Waals surface area contributed by atoms with Gasteiger partial charge in [0.05, 0.1) is 6.20 Å². The van der Waals surface area contributed by atoms with Crippen molar-refractivity contribution in [3.63, 3.8) is 0 Å². The highest BCUT2D eigenvalue weighted by Gasteiger charge is 2.13. The summed E-state index contributed by atoms with van der Waals surface area (Å²) in [7, 11) is 0. The van der Waals surface area contributed by atoms with E-state index in [9.17, 15) is 0 Å². The molecule has 2 aromatic heterocycles. The molecule has 0 spiro atoms. The van der Waals surface area contributed by atoms with Crippen LogP contribution in [0.3, 0.4) is 0 Å². The Bertz CT molecular complexity index is 707. The first-order chi connectivity index (χ1) is 10.4. The molecule has 3 rings (SSSR count). The lowest BCUT2D eigenvalue weighted by Crippen LogP contribution is -2.13. The molecule has 0 saturated heterocycles. The second-order valence-electron chi connectivity index (χ2n) is 4.76. The van der Waals surface area contributed by atoms with Gasteiger partial charge in [0.2, 0.25) is 0 Å². The first kappa shape index (κ1) is 13.6. The van der Waals surface area contributed by atoms with Gasteiger partial charge in [-0.25, -0.2) is 0 Å². The van der Waals surface area contributed by atoms with Crippen LogP contribution in [0.25, 0.3) is 11.0 Å². The monoisotopic (exact) mass is 282 g/mol. The third-order valence-electron chi connectivity index (χ3n) is 3.34.